The van der Waals surface area contributed by atoms with E-state index in [1.54, 1.807) is 12.1 Å². The lowest BCUT2D eigenvalue weighted by atomic mass is 10.2. The van der Waals surface area contributed by atoms with Crippen molar-refractivity contribution in [1.82, 2.24) is 19.8 Å². The maximum absolute atomic E-state index is 12.3. The molecular weight excluding hydrogens is 373 g/mol. The molecule has 26 heavy (non-hydrogen) atoms. The summed E-state index contributed by atoms with van der Waals surface area (Å²) in [6, 6.07) is 4.84. The lowest BCUT2D eigenvalue weighted by molar-refractivity contribution is -0.162. The van der Waals surface area contributed by atoms with Crippen LogP contribution in [0.25, 0.3) is 10.9 Å². The van der Waals surface area contributed by atoms with Crippen LogP contribution in [-0.2, 0) is 11.3 Å². The second kappa shape index (κ2) is 7.24. The van der Waals surface area contributed by atoms with Gasteiger partial charge in [0.25, 0.3) is 5.56 Å². The minimum Gasteiger partial charge on any atom is -0.340 e. The zero-order valence-electron chi connectivity index (χ0n) is 13.6. The maximum atomic E-state index is 12.3. The first-order valence-corrected chi connectivity index (χ1v) is 8.34. The highest BCUT2D eigenvalue weighted by Gasteiger charge is 2.34. The van der Waals surface area contributed by atoms with Crippen LogP contribution in [0, 0.1) is 0 Å². The molecule has 1 fully saturated rings. The Balaban J connectivity index is 1.63. The standard InChI is InChI=1S/C16H16ClF3N4O2/c17-10-1-2-12-11(7-10)15(26)22-13(21-12)9-23-3-5-24(6-4-23)14(25)8-16(18,19)20/h1-2,7H,3-6,8-9H2,(H,21,22,26). The second-order valence-corrected chi connectivity index (χ2v) is 6.56. The van der Waals surface area contributed by atoms with Gasteiger partial charge >= 0.3 is 6.18 Å². The number of aromatic nitrogens is 2. The third-order valence-electron chi connectivity index (χ3n) is 4.17. The van der Waals surface area contributed by atoms with E-state index < -0.39 is 18.5 Å². The number of alkyl halides is 3. The minimum atomic E-state index is -4.49. The molecule has 1 aliphatic rings. The Morgan fingerprint density at radius 2 is 1.92 bits per heavy atom. The summed E-state index contributed by atoms with van der Waals surface area (Å²) in [6.45, 7) is 1.58. The summed E-state index contributed by atoms with van der Waals surface area (Å²) < 4.78 is 36.9. The third-order valence-corrected chi connectivity index (χ3v) is 4.40. The van der Waals surface area contributed by atoms with E-state index >= 15 is 0 Å². The van der Waals surface area contributed by atoms with Gasteiger partial charge in [-0.2, -0.15) is 13.2 Å². The molecule has 0 aliphatic carbocycles. The van der Waals surface area contributed by atoms with E-state index in [0.717, 1.165) is 0 Å². The number of piperazine rings is 1. The number of H-pyrrole nitrogens is 1. The Morgan fingerprint density at radius 3 is 2.58 bits per heavy atom. The van der Waals surface area contributed by atoms with Crippen LogP contribution in [0.5, 0.6) is 0 Å². The number of aromatic amines is 1. The van der Waals surface area contributed by atoms with E-state index in [9.17, 15) is 22.8 Å². The molecule has 1 aromatic carbocycles. The molecule has 140 valence electrons. The highest BCUT2D eigenvalue weighted by atomic mass is 35.5. The van der Waals surface area contributed by atoms with E-state index in [2.05, 4.69) is 9.97 Å². The number of benzene rings is 1. The van der Waals surface area contributed by atoms with Gasteiger partial charge in [-0.3, -0.25) is 14.5 Å². The minimum absolute atomic E-state index is 0.211. The fourth-order valence-electron chi connectivity index (χ4n) is 2.88. The molecule has 1 amide bonds. The van der Waals surface area contributed by atoms with Crippen molar-refractivity contribution in [2.24, 2.45) is 0 Å². The van der Waals surface area contributed by atoms with Crippen LogP contribution in [-0.4, -0.2) is 58.0 Å². The van der Waals surface area contributed by atoms with Crippen molar-refractivity contribution >= 4 is 28.4 Å². The molecule has 0 saturated carbocycles. The summed E-state index contributed by atoms with van der Waals surface area (Å²) in [4.78, 5) is 34.0. The van der Waals surface area contributed by atoms with Crippen LogP contribution >= 0.6 is 11.6 Å². The van der Waals surface area contributed by atoms with E-state index in [1.807, 2.05) is 4.90 Å². The molecule has 1 N–H and O–H groups in total. The number of hydrogen-bond acceptors (Lipinski definition) is 4. The third kappa shape index (κ3) is 4.53. The second-order valence-electron chi connectivity index (χ2n) is 6.12. The Bertz CT molecular complexity index is 876. The van der Waals surface area contributed by atoms with Crippen LogP contribution in [0.4, 0.5) is 13.2 Å². The van der Waals surface area contributed by atoms with Crippen LogP contribution in [0.3, 0.4) is 0 Å². The van der Waals surface area contributed by atoms with Crippen LogP contribution in [0.15, 0.2) is 23.0 Å². The van der Waals surface area contributed by atoms with Gasteiger partial charge in [0.15, 0.2) is 0 Å². The van der Waals surface area contributed by atoms with E-state index in [-0.39, 0.29) is 18.6 Å². The van der Waals surface area contributed by atoms with Crippen LogP contribution in [0.2, 0.25) is 5.02 Å². The first kappa shape index (κ1) is 18.7. The summed E-state index contributed by atoms with van der Waals surface area (Å²) in [7, 11) is 0. The molecule has 3 rings (SSSR count). The number of carbonyl (C=O) groups is 1. The van der Waals surface area contributed by atoms with Crippen molar-refractivity contribution in [3.8, 4) is 0 Å². The van der Waals surface area contributed by atoms with Crippen molar-refractivity contribution in [2.45, 2.75) is 19.1 Å². The number of halogens is 4. The summed E-state index contributed by atoms with van der Waals surface area (Å²) in [5.74, 6) is -0.453. The van der Waals surface area contributed by atoms with Gasteiger partial charge in [-0.1, -0.05) is 11.6 Å². The summed E-state index contributed by atoms with van der Waals surface area (Å²) in [5.41, 5.74) is 0.221. The molecule has 1 aliphatic heterocycles. The van der Waals surface area contributed by atoms with E-state index in [0.29, 0.717) is 41.4 Å². The Kier molecular flexibility index (Phi) is 5.19. The number of nitrogens with one attached hydrogen (secondary N) is 1. The summed E-state index contributed by atoms with van der Waals surface area (Å²) in [6.07, 6.45) is -5.93. The first-order chi connectivity index (χ1) is 12.2. The highest BCUT2D eigenvalue weighted by molar-refractivity contribution is 6.31. The predicted octanol–water partition coefficient (Wildman–Crippen LogP) is 2.17. The van der Waals surface area contributed by atoms with E-state index in [1.165, 1.54) is 11.0 Å². The molecule has 6 nitrogen and oxygen atoms in total. The molecule has 1 aromatic heterocycles. The average Bonchev–Trinajstić information content (AvgIpc) is 2.55. The van der Waals surface area contributed by atoms with Crippen LogP contribution in [0.1, 0.15) is 12.2 Å². The number of hydrogen-bond donors (Lipinski definition) is 1. The molecule has 10 heteroatoms. The topological polar surface area (TPSA) is 69.3 Å². The average molecular weight is 389 g/mol. The van der Waals surface area contributed by atoms with Gasteiger partial charge < -0.3 is 9.88 Å². The first-order valence-electron chi connectivity index (χ1n) is 7.96. The number of amides is 1. The smallest absolute Gasteiger partial charge is 0.340 e. The molecule has 0 unspecified atom stereocenters. The maximum Gasteiger partial charge on any atom is 0.397 e. The fourth-order valence-corrected chi connectivity index (χ4v) is 3.06. The molecule has 2 heterocycles. The number of rotatable bonds is 3. The molecule has 2 aromatic rings. The fraction of sp³-hybridized carbons (Fsp3) is 0.438. The van der Waals surface area contributed by atoms with Gasteiger partial charge in [0, 0.05) is 31.2 Å². The van der Waals surface area contributed by atoms with Crippen LogP contribution < -0.4 is 5.56 Å². The molecule has 1 saturated heterocycles. The van der Waals surface area contributed by atoms with Crippen molar-refractivity contribution in [1.29, 1.82) is 0 Å². The molecular formula is C16H16ClF3N4O2. The van der Waals surface area contributed by atoms with E-state index in [4.69, 9.17) is 11.6 Å². The zero-order valence-corrected chi connectivity index (χ0v) is 14.4. The molecule has 0 bridgehead atoms. The molecule has 0 radical (unpaired) electrons. The quantitative estimate of drug-likeness (QED) is 0.875. The number of fused-ring (bicyclic) bond motifs is 1. The van der Waals surface area contributed by atoms with Crippen molar-refractivity contribution in [3.63, 3.8) is 0 Å². The van der Waals surface area contributed by atoms with Crippen molar-refractivity contribution in [2.75, 3.05) is 26.2 Å². The monoisotopic (exact) mass is 388 g/mol. The van der Waals surface area contributed by atoms with Gasteiger partial charge in [-0.05, 0) is 18.2 Å². The van der Waals surface area contributed by atoms with Crippen molar-refractivity contribution in [3.05, 3.63) is 39.4 Å². The summed E-state index contributed by atoms with van der Waals surface area (Å²) in [5, 5.41) is 0.834. The van der Waals surface area contributed by atoms with Gasteiger partial charge in [0.1, 0.15) is 12.2 Å². The van der Waals surface area contributed by atoms with Gasteiger partial charge in [-0.15, -0.1) is 0 Å². The van der Waals surface area contributed by atoms with Gasteiger partial charge in [0.2, 0.25) is 5.91 Å². The highest BCUT2D eigenvalue weighted by Crippen LogP contribution is 2.21. The van der Waals surface area contributed by atoms with Crippen molar-refractivity contribution < 1.29 is 18.0 Å². The van der Waals surface area contributed by atoms with Gasteiger partial charge in [-0.25, -0.2) is 4.98 Å². The Morgan fingerprint density at radius 1 is 1.23 bits per heavy atom. The SMILES string of the molecule is O=C(CC(F)(F)F)N1CCN(Cc2nc3ccc(Cl)cc3c(=O)[nH]2)CC1. The Labute approximate surface area is 151 Å². The van der Waals surface area contributed by atoms with Gasteiger partial charge in [0.05, 0.1) is 17.4 Å². The number of nitrogens with zero attached hydrogens (tertiary/aromatic N) is 3. The zero-order chi connectivity index (χ0) is 18.9. The normalized spacial score (nSPS) is 16.2. The molecule has 0 atom stereocenters. The summed E-state index contributed by atoms with van der Waals surface area (Å²) >= 11 is 5.87. The lowest BCUT2D eigenvalue weighted by Crippen LogP contribution is -2.49. The predicted molar refractivity (Wildman–Crippen MR) is 89.9 cm³/mol. The molecule has 0 spiro atoms. The largest absolute Gasteiger partial charge is 0.397 e. The lowest BCUT2D eigenvalue weighted by Gasteiger charge is -2.34. The number of carbonyl (C=O) groups excluding carboxylic acids is 1. The Hall–Kier alpha value is -2.13.